The van der Waals surface area contributed by atoms with Gasteiger partial charge in [-0.1, -0.05) is 25.8 Å². The van der Waals surface area contributed by atoms with Gasteiger partial charge in [0.1, 0.15) is 0 Å². The Labute approximate surface area is 86.6 Å². The van der Waals surface area contributed by atoms with Crippen molar-refractivity contribution in [2.24, 2.45) is 5.41 Å². The Bertz CT molecular complexity index is 256. The van der Waals surface area contributed by atoms with Crippen LogP contribution in [0.15, 0.2) is 11.6 Å². The Morgan fingerprint density at radius 1 is 1.21 bits per heavy atom. The lowest BCUT2D eigenvalue weighted by atomic mass is 9.78. The summed E-state index contributed by atoms with van der Waals surface area (Å²) in [5.74, 6) is 0.467. The summed E-state index contributed by atoms with van der Waals surface area (Å²) in [7, 11) is 0. The summed E-state index contributed by atoms with van der Waals surface area (Å²) in [6, 6.07) is 0. The third kappa shape index (κ3) is 1.77. The first kappa shape index (κ1) is 9.95. The molecule has 0 amide bonds. The second-order valence-electron chi connectivity index (χ2n) is 5.07. The van der Waals surface area contributed by atoms with Crippen LogP contribution >= 0.6 is 0 Å². The zero-order valence-corrected chi connectivity index (χ0v) is 9.14. The van der Waals surface area contributed by atoms with E-state index in [-0.39, 0.29) is 5.41 Å². The van der Waals surface area contributed by atoms with E-state index in [1.807, 2.05) is 0 Å². The maximum absolute atomic E-state index is 12.3. The van der Waals surface area contributed by atoms with Crippen molar-refractivity contribution in [2.45, 2.75) is 58.3 Å². The monoisotopic (exact) mass is 192 g/mol. The number of rotatable bonds is 2. The van der Waals surface area contributed by atoms with E-state index in [4.69, 9.17) is 0 Å². The van der Waals surface area contributed by atoms with Gasteiger partial charge >= 0.3 is 0 Å². The van der Waals surface area contributed by atoms with Gasteiger partial charge in [-0.05, 0) is 44.1 Å². The first-order valence-corrected chi connectivity index (χ1v) is 5.96. The highest BCUT2D eigenvalue weighted by Crippen LogP contribution is 2.41. The van der Waals surface area contributed by atoms with Gasteiger partial charge in [-0.25, -0.2) is 0 Å². The van der Waals surface area contributed by atoms with E-state index < -0.39 is 0 Å². The van der Waals surface area contributed by atoms with Gasteiger partial charge in [0.05, 0.1) is 0 Å². The van der Waals surface area contributed by atoms with Crippen LogP contribution in [0.4, 0.5) is 0 Å². The molecule has 1 nitrogen and oxygen atoms in total. The van der Waals surface area contributed by atoms with Gasteiger partial charge < -0.3 is 0 Å². The Morgan fingerprint density at radius 3 is 2.50 bits per heavy atom. The molecule has 1 fully saturated rings. The molecule has 14 heavy (non-hydrogen) atoms. The molecule has 2 aliphatic rings. The molecular weight excluding hydrogens is 172 g/mol. The molecule has 0 aromatic carbocycles. The van der Waals surface area contributed by atoms with E-state index in [9.17, 15) is 4.79 Å². The molecule has 0 unspecified atom stereocenters. The largest absolute Gasteiger partial charge is 0.294 e. The number of hydrogen-bond donors (Lipinski definition) is 0. The minimum absolute atomic E-state index is 0.00315. The molecule has 2 aliphatic carbocycles. The molecular formula is C13H20O. The average molecular weight is 192 g/mol. The second kappa shape index (κ2) is 3.88. The van der Waals surface area contributed by atoms with Crippen LogP contribution in [0.5, 0.6) is 0 Å². The maximum Gasteiger partial charge on any atom is 0.164 e. The number of allylic oxidation sites excluding steroid dienone is 2. The van der Waals surface area contributed by atoms with Crippen molar-refractivity contribution < 1.29 is 4.79 Å². The molecule has 0 saturated heterocycles. The normalized spacial score (nSPS) is 25.9. The standard InChI is InChI=1S/C13H20O/c1-13(9-5-6-10-13)12(14)11-7-3-2-4-8-11/h7H,2-6,8-10H2,1H3. The van der Waals surface area contributed by atoms with E-state index in [1.54, 1.807) is 0 Å². The molecule has 78 valence electrons. The van der Waals surface area contributed by atoms with Crippen LogP contribution in [0.1, 0.15) is 58.3 Å². The van der Waals surface area contributed by atoms with Gasteiger partial charge in [0, 0.05) is 5.41 Å². The van der Waals surface area contributed by atoms with Crippen LogP contribution in [-0.2, 0) is 4.79 Å². The van der Waals surface area contributed by atoms with E-state index in [0.717, 1.165) is 31.3 Å². The van der Waals surface area contributed by atoms with Crippen molar-refractivity contribution in [1.82, 2.24) is 0 Å². The molecule has 0 heterocycles. The van der Waals surface area contributed by atoms with Crippen molar-refractivity contribution in [3.8, 4) is 0 Å². The van der Waals surface area contributed by atoms with E-state index in [2.05, 4.69) is 13.0 Å². The van der Waals surface area contributed by atoms with Gasteiger partial charge in [0.2, 0.25) is 0 Å². The zero-order chi connectivity index (χ0) is 10.0. The van der Waals surface area contributed by atoms with Crippen LogP contribution in [0, 0.1) is 5.41 Å². The molecule has 0 aromatic heterocycles. The summed E-state index contributed by atoms with van der Waals surface area (Å²) in [6.45, 7) is 2.16. The highest BCUT2D eigenvalue weighted by molar-refractivity contribution is 5.99. The lowest BCUT2D eigenvalue weighted by Crippen LogP contribution is -2.26. The molecule has 0 atom stereocenters. The number of ketones is 1. The SMILES string of the molecule is CC1(C(=O)C2=CCCCC2)CCCC1. The fraction of sp³-hybridized carbons (Fsp3) is 0.769. The van der Waals surface area contributed by atoms with E-state index in [0.29, 0.717) is 5.78 Å². The summed E-state index contributed by atoms with van der Waals surface area (Å²) in [4.78, 5) is 12.3. The summed E-state index contributed by atoms with van der Waals surface area (Å²) in [5.41, 5.74) is 1.14. The number of carbonyl (C=O) groups is 1. The Balaban J connectivity index is 2.10. The fourth-order valence-electron chi connectivity index (χ4n) is 2.81. The highest BCUT2D eigenvalue weighted by atomic mass is 16.1. The van der Waals surface area contributed by atoms with Crippen LogP contribution in [0.3, 0.4) is 0 Å². The van der Waals surface area contributed by atoms with Crippen LogP contribution in [0.25, 0.3) is 0 Å². The summed E-state index contributed by atoms with van der Waals surface area (Å²) in [5, 5.41) is 0. The first-order valence-electron chi connectivity index (χ1n) is 5.96. The summed E-state index contributed by atoms with van der Waals surface area (Å²) < 4.78 is 0. The van der Waals surface area contributed by atoms with Crippen molar-refractivity contribution in [2.75, 3.05) is 0 Å². The minimum Gasteiger partial charge on any atom is -0.294 e. The zero-order valence-electron chi connectivity index (χ0n) is 9.14. The van der Waals surface area contributed by atoms with E-state index in [1.165, 1.54) is 25.7 Å². The summed E-state index contributed by atoms with van der Waals surface area (Å²) in [6.07, 6.45) is 11.6. The van der Waals surface area contributed by atoms with Crippen LogP contribution in [0.2, 0.25) is 0 Å². The molecule has 2 rings (SSSR count). The van der Waals surface area contributed by atoms with Crippen molar-refractivity contribution >= 4 is 5.78 Å². The van der Waals surface area contributed by atoms with Gasteiger partial charge in [0.25, 0.3) is 0 Å². The average Bonchev–Trinajstić information content (AvgIpc) is 2.67. The van der Waals surface area contributed by atoms with Crippen molar-refractivity contribution in [3.05, 3.63) is 11.6 Å². The minimum atomic E-state index is 0.00315. The molecule has 1 saturated carbocycles. The Kier molecular flexibility index (Phi) is 2.76. The topological polar surface area (TPSA) is 17.1 Å². The van der Waals surface area contributed by atoms with Crippen LogP contribution in [-0.4, -0.2) is 5.78 Å². The Hall–Kier alpha value is -0.590. The predicted molar refractivity (Wildman–Crippen MR) is 58.1 cm³/mol. The lowest BCUT2D eigenvalue weighted by Gasteiger charge is -2.24. The molecule has 0 N–H and O–H groups in total. The van der Waals surface area contributed by atoms with Gasteiger partial charge in [-0.2, -0.15) is 0 Å². The second-order valence-corrected chi connectivity index (χ2v) is 5.07. The number of Topliss-reactive ketones (excluding diaryl/α,β-unsaturated/α-hetero) is 1. The third-order valence-electron chi connectivity index (χ3n) is 3.84. The van der Waals surface area contributed by atoms with Gasteiger partial charge in [0.15, 0.2) is 5.78 Å². The molecule has 0 bridgehead atoms. The first-order chi connectivity index (χ1) is 6.72. The van der Waals surface area contributed by atoms with E-state index >= 15 is 0 Å². The molecule has 0 radical (unpaired) electrons. The van der Waals surface area contributed by atoms with Crippen LogP contribution < -0.4 is 0 Å². The summed E-state index contributed by atoms with van der Waals surface area (Å²) >= 11 is 0. The molecule has 0 spiro atoms. The maximum atomic E-state index is 12.3. The lowest BCUT2D eigenvalue weighted by molar-refractivity contribution is -0.124. The fourth-order valence-corrected chi connectivity index (χ4v) is 2.81. The molecule has 0 aromatic rings. The quantitative estimate of drug-likeness (QED) is 0.653. The van der Waals surface area contributed by atoms with Crippen molar-refractivity contribution in [3.63, 3.8) is 0 Å². The number of carbonyl (C=O) groups excluding carboxylic acids is 1. The number of hydrogen-bond acceptors (Lipinski definition) is 1. The smallest absolute Gasteiger partial charge is 0.164 e. The molecule has 1 heteroatoms. The Morgan fingerprint density at radius 2 is 1.93 bits per heavy atom. The van der Waals surface area contributed by atoms with Gasteiger partial charge in [-0.15, -0.1) is 0 Å². The van der Waals surface area contributed by atoms with Crippen molar-refractivity contribution in [1.29, 1.82) is 0 Å². The third-order valence-corrected chi connectivity index (χ3v) is 3.84. The molecule has 0 aliphatic heterocycles. The highest BCUT2D eigenvalue weighted by Gasteiger charge is 2.37. The predicted octanol–water partition coefficient (Wildman–Crippen LogP) is 3.64. The van der Waals surface area contributed by atoms with Gasteiger partial charge in [-0.3, -0.25) is 4.79 Å².